The number of esters is 1. The lowest BCUT2D eigenvalue weighted by Gasteiger charge is -2.25. The summed E-state index contributed by atoms with van der Waals surface area (Å²) in [5.41, 5.74) is 6.75. The number of likely N-dealkylation sites (N-methyl/N-ethyl adjacent to an activating group) is 1. The van der Waals surface area contributed by atoms with E-state index in [-0.39, 0.29) is 12.1 Å². The largest absolute Gasteiger partial charge is 0.455 e. The number of nitrogens with two attached hydrogens (primary N) is 1. The minimum Gasteiger partial charge on any atom is -0.455 e. The molecular formula is C16H26N2O3. The topological polar surface area (TPSA) is 64.8 Å². The second-order valence-electron chi connectivity index (χ2n) is 4.79. The fraction of sp³-hybridized carbons (Fsp3) is 0.562. The van der Waals surface area contributed by atoms with Crippen molar-refractivity contribution >= 4 is 11.7 Å². The molecule has 0 aliphatic rings. The maximum absolute atomic E-state index is 12.2. The summed E-state index contributed by atoms with van der Waals surface area (Å²) < 4.78 is 11.0. The van der Waals surface area contributed by atoms with Crippen molar-refractivity contribution in [2.75, 3.05) is 38.6 Å². The van der Waals surface area contributed by atoms with E-state index in [2.05, 4.69) is 18.7 Å². The van der Waals surface area contributed by atoms with Crippen LogP contribution < -0.4 is 5.73 Å². The van der Waals surface area contributed by atoms with Crippen LogP contribution in [-0.4, -0.2) is 49.8 Å². The second-order valence-corrected chi connectivity index (χ2v) is 4.79. The lowest BCUT2D eigenvalue weighted by Crippen LogP contribution is -2.37. The molecule has 1 atom stereocenters. The van der Waals surface area contributed by atoms with Gasteiger partial charge in [-0.15, -0.1) is 0 Å². The molecule has 5 nitrogen and oxygen atoms in total. The summed E-state index contributed by atoms with van der Waals surface area (Å²) in [4.78, 5) is 14.4. The minimum absolute atomic E-state index is 0.269. The maximum Gasteiger partial charge on any atom is 0.338 e. The van der Waals surface area contributed by atoms with E-state index < -0.39 is 0 Å². The van der Waals surface area contributed by atoms with Crippen molar-refractivity contribution in [1.29, 1.82) is 0 Å². The maximum atomic E-state index is 12.2. The van der Waals surface area contributed by atoms with E-state index in [0.29, 0.717) is 31.0 Å². The Kier molecular flexibility index (Phi) is 7.79. The van der Waals surface area contributed by atoms with Gasteiger partial charge in [-0.3, -0.25) is 0 Å². The number of anilines is 1. The second kappa shape index (κ2) is 9.37. The predicted octanol–water partition coefficient (Wildman–Crippen LogP) is 2.17. The van der Waals surface area contributed by atoms with E-state index in [0.717, 1.165) is 13.1 Å². The SMILES string of the molecule is CCOCC(CN(CC)CC)OC(=O)c1ccc(N)cc1. The highest BCUT2D eigenvalue weighted by atomic mass is 16.6. The molecule has 0 aliphatic carbocycles. The summed E-state index contributed by atoms with van der Waals surface area (Å²) in [6.07, 6.45) is -0.269. The first-order valence-corrected chi connectivity index (χ1v) is 7.47. The average molecular weight is 294 g/mol. The van der Waals surface area contributed by atoms with Crippen LogP contribution in [0.1, 0.15) is 31.1 Å². The Morgan fingerprint density at radius 2 is 1.81 bits per heavy atom. The highest BCUT2D eigenvalue weighted by Crippen LogP contribution is 2.09. The zero-order chi connectivity index (χ0) is 15.7. The van der Waals surface area contributed by atoms with Crippen LogP contribution in [0.4, 0.5) is 5.69 Å². The van der Waals surface area contributed by atoms with Gasteiger partial charge in [0.25, 0.3) is 0 Å². The van der Waals surface area contributed by atoms with Gasteiger partial charge in [0.05, 0.1) is 12.2 Å². The van der Waals surface area contributed by atoms with E-state index in [1.165, 1.54) is 0 Å². The van der Waals surface area contributed by atoms with Gasteiger partial charge in [-0.2, -0.15) is 0 Å². The van der Waals surface area contributed by atoms with Crippen molar-refractivity contribution in [3.63, 3.8) is 0 Å². The lowest BCUT2D eigenvalue weighted by molar-refractivity contribution is -0.0132. The van der Waals surface area contributed by atoms with Gasteiger partial charge in [0.2, 0.25) is 0 Å². The Hall–Kier alpha value is -1.59. The van der Waals surface area contributed by atoms with Crippen molar-refractivity contribution in [3.8, 4) is 0 Å². The zero-order valence-electron chi connectivity index (χ0n) is 13.2. The Morgan fingerprint density at radius 3 is 2.33 bits per heavy atom. The van der Waals surface area contributed by atoms with Crippen molar-refractivity contribution in [2.45, 2.75) is 26.9 Å². The first-order valence-electron chi connectivity index (χ1n) is 7.47. The summed E-state index contributed by atoms with van der Waals surface area (Å²) in [6, 6.07) is 6.73. The van der Waals surface area contributed by atoms with Crippen LogP contribution in [0.15, 0.2) is 24.3 Å². The molecule has 2 N–H and O–H groups in total. The van der Waals surface area contributed by atoms with Crippen LogP contribution in [0.5, 0.6) is 0 Å². The number of hydrogen-bond acceptors (Lipinski definition) is 5. The molecule has 1 unspecified atom stereocenters. The van der Waals surface area contributed by atoms with Crippen LogP contribution in [-0.2, 0) is 9.47 Å². The molecule has 21 heavy (non-hydrogen) atoms. The van der Waals surface area contributed by atoms with Crippen LogP contribution in [0.3, 0.4) is 0 Å². The number of benzene rings is 1. The number of carbonyl (C=O) groups is 1. The van der Waals surface area contributed by atoms with Crippen molar-refractivity contribution in [1.82, 2.24) is 4.90 Å². The van der Waals surface area contributed by atoms with Gasteiger partial charge in [-0.1, -0.05) is 13.8 Å². The molecule has 0 radical (unpaired) electrons. The quantitative estimate of drug-likeness (QED) is 0.558. The first kappa shape index (κ1) is 17.5. The molecule has 1 aromatic carbocycles. The fourth-order valence-corrected chi connectivity index (χ4v) is 1.98. The summed E-state index contributed by atoms with van der Waals surface area (Å²) >= 11 is 0. The normalized spacial score (nSPS) is 12.4. The van der Waals surface area contributed by atoms with E-state index in [9.17, 15) is 4.79 Å². The highest BCUT2D eigenvalue weighted by molar-refractivity contribution is 5.89. The number of hydrogen-bond donors (Lipinski definition) is 1. The van der Waals surface area contributed by atoms with Gasteiger partial charge in [0.15, 0.2) is 0 Å². The molecule has 0 saturated heterocycles. The standard InChI is InChI=1S/C16H26N2O3/c1-4-18(5-2)11-15(12-20-6-3)21-16(19)13-7-9-14(17)10-8-13/h7-10,15H,4-6,11-12,17H2,1-3H3. The molecule has 0 amide bonds. The smallest absolute Gasteiger partial charge is 0.338 e. The number of rotatable bonds is 9. The number of nitrogens with zero attached hydrogens (tertiary/aromatic N) is 1. The van der Waals surface area contributed by atoms with Gasteiger partial charge in [0.1, 0.15) is 6.10 Å². The van der Waals surface area contributed by atoms with E-state index >= 15 is 0 Å². The predicted molar refractivity (Wildman–Crippen MR) is 84.3 cm³/mol. The fourth-order valence-electron chi connectivity index (χ4n) is 1.98. The van der Waals surface area contributed by atoms with Gasteiger partial charge in [0, 0.05) is 18.8 Å². The van der Waals surface area contributed by atoms with Crippen LogP contribution in [0.25, 0.3) is 0 Å². The van der Waals surface area contributed by atoms with Gasteiger partial charge in [-0.25, -0.2) is 4.79 Å². The molecule has 1 aromatic rings. The molecule has 0 fully saturated rings. The summed E-state index contributed by atoms with van der Waals surface area (Å²) in [5, 5.41) is 0. The average Bonchev–Trinajstić information content (AvgIpc) is 2.50. The Morgan fingerprint density at radius 1 is 1.19 bits per heavy atom. The van der Waals surface area contributed by atoms with E-state index in [4.69, 9.17) is 15.2 Å². The molecule has 5 heteroatoms. The Labute approximate surface area is 127 Å². The van der Waals surface area contributed by atoms with Crippen molar-refractivity contribution in [2.24, 2.45) is 0 Å². The molecule has 0 spiro atoms. The highest BCUT2D eigenvalue weighted by Gasteiger charge is 2.18. The Bertz CT molecular complexity index is 416. The molecule has 0 aromatic heterocycles. The van der Waals surface area contributed by atoms with E-state index in [1.54, 1.807) is 24.3 Å². The van der Waals surface area contributed by atoms with Gasteiger partial charge < -0.3 is 20.1 Å². The lowest BCUT2D eigenvalue weighted by atomic mass is 10.2. The third kappa shape index (κ3) is 6.14. The van der Waals surface area contributed by atoms with Crippen LogP contribution in [0, 0.1) is 0 Å². The molecule has 0 saturated carbocycles. The molecular weight excluding hydrogens is 268 g/mol. The third-order valence-electron chi connectivity index (χ3n) is 3.28. The monoisotopic (exact) mass is 294 g/mol. The first-order chi connectivity index (χ1) is 10.1. The van der Waals surface area contributed by atoms with E-state index in [1.807, 2.05) is 6.92 Å². The molecule has 118 valence electrons. The van der Waals surface area contributed by atoms with Crippen LogP contribution in [0.2, 0.25) is 0 Å². The van der Waals surface area contributed by atoms with Crippen LogP contribution >= 0.6 is 0 Å². The number of carbonyl (C=O) groups excluding carboxylic acids is 1. The molecule has 1 rings (SSSR count). The summed E-state index contributed by atoms with van der Waals surface area (Å²) in [6.45, 7) is 9.62. The summed E-state index contributed by atoms with van der Waals surface area (Å²) in [5.74, 6) is -0.341. The minimum atomic E-state index is -0.341. The Balaban J connectivity index is 2.65. The van der Waals surface area contributed by atoms with Crippen molar-refractivity contribution in [3.05, 3.63) is 29.8 Å². The zero-order valence-corrected chi connectivity index (χ0v) is 13.2. The molecule has 0 aliphatic heterocycles. The van der Waals surface area contributed by atoms with Gasteiger partial charge >= 0.3 is 5.97 Å². The number of ether oxygens (including phenoxy) is 2. The summed E-state index contributed by atoms with van der Waals surface area (Å²) in [7, 11) is 0. The third-order valence-corrected chi connectivity index (χ3v) is 3.28. The number of nitrogen functional groups attached to an aromatic ring is 1. The van der Waals surface area contributed by atoms with Crippen molar-refractivity contribution < 1.29 is 14.3 Å². The molecule has 0 heterocycles. The molecule has 0 bridgehead atoms. The van der Waals surface area contributed by atoms with Gasteiger partial charge in [-0.05, 0) is 44.3 Å².